The molecule has 0 saturated heterocycles. The highest BCUT2D eigenvalue weighted by Crippen LogP contribution is 2.43. The van der Waals surface area contributed by atoms with E-state index in [4.69, 9.17) is 16.7 Å². The molecule has 0 radical (unpaired) electrons. The lowest BCUT2D eigenvalue weighted by atomic mass is 10.0. The molecule has 1 aliphatic rings. The zero-order chi connectivity index (χ0) is 24.7. The average molecular weight is 505 g/mol. The molecule has 0 saturated carbocycles. The molecular formula is C25H21ClN6O2S. The number of carbonyl (C=O) groups is 1. The van der Waals surface area contributed by atoms with Crippen LogP contribution in [-0.4, -0.2) is 31.5 Å². The van der Waals surface area contributed by atoms with Crippen LogP contribution in [0.5, 0.6) is 5.88 Å². The van der Waals surface area contributed by atoms with Gasteiger partial charge in [-0.1, -0.05) is 64.5 Å². The third-order valence-corrected chi connectivity index (χ3v) is 6.89. The van der Waals surface area contributed by atoms with Gasteiger partial charge in [-0.05, 0) is 31.2 Å². The van der Waals surface area contributed by atoms with Gasteiger partial charge in [0.05, 0.1) is 28.5 Å². The average Bonchev–Trinajstić information content (AvgIpc) is 3.15. The predicted molar refractivity (Wildman–Crippen MR) is 133 cm³/mol. The van der Waals surface area contributed by atoms with E-state index in [1.807, 2.05) is 49.4 Å². The minimum absolute atomic E-state index is 0.227. The lowest BCUT2D eigenvalue weighted by molar-refractivity contribution is -0.764. The van der Waals surface area contributed by atoms with Crippen molar-refractivity contribution in [3.8, 4) is 22.8 Å². The maximum Gasteiger partial charge on any atom is 0.297 e. The Morgan fingerprint density at radius 2 is 1.94 bits per heavy atom. The molecule has 10 heteroatoms. The number of fused-ring (bicyclic) bond motifs is 3. The second-order valence-electron chi connectivity index (χ2n) is 7.91. The summed E-state index contributed by atoms with van der Waals surface area (Å²) < 4.78 is 3.17. The third kappa shape index (κ3) is 3.86. The van der Waals surface area contributed by atoms with Crippen molar-refractivity contribution in [1.29, 1.82) is 0 Å². The number of amides is 1. The summed E-state index contributed by atoms with van der Waals surface area (Å²) in [7, 11) is 0. The summed E-state index contributed by atoms with van der Waals surface area (Å²) in [6, 6.07) is 16.7. The lowest BCUT2D eigenvalue weighted by Crippen LogP contribution is -2.59. The Kier molecular flexibility index (Phi) is 6.04. The van der Waals surface area contributed by atoms with E-state index in [0.29, 0.717) is 33.4 Å². The van der Waals surface area contributed by atoms with E-state index in [1.165, 1.54) is 18.7 Å². The fraction of sp³-hybridized carbons (Fsp3) is 0.160. The Morgan fingerprint density at radius 3 is 2.66 bits per heavy atom. The highest BCUT2D eigenvalue weighted by molar-refractivity contribution is 7.99. The molecule has 2 aromatic heterocycles. The van der Waals surface area contributed by atoms with Crippen LogP contribution in [0.1, 0.15) is 24.3 Å². The van der Waals surface area contributed by atoms with Crippen molar-refractivity contribution in [2.75, 3.05) is 10.7 Å². The fourth-order valence-electron chi connectivity index (χ4n) is 4.28. The van der Waals surface area contributed by atoms with Gasteiger partial charge in [0, 0.05) is 17.8 Å². The monoisotopic (exact) mass is 504 g/mol. The first-order valence-electron chi connectivity index (χ1n) is 10.9. The van der Waals surface area contributed by atoms with Crippen molar-refractivity contribution in [2.45, 2.75) is 25.2 Å². The number of anilines is 1. The molecule has 8 nitrogen and oxygen atoms in total. The molecule has 5 rings (SSSR count). The Morgan fingerprint density at radius 1 is 1.23 bits per heavy atom. The summed E-state index contributed by atoms with van der Waals surface area (Å²) in [4.78, 5) is 18.9. The van der Waals surface area contributed by atoms with Crippen LogP contribution in [0.25, 0.3) is 16.9 Å². The van der Waals surface area contributed by atoms with E-state index in [2.05, 4.69) is 16.7 Å². The molecule has 0 fully saturated rings. The molecule has 2 aromatic carbocycles. The Hall–Kier alpha value is -3.69. The Balaban J connectivity index is 1.81. The highest BCUT2D eigenvalue weighted by Gasteiger charge is 2.46. The summed E-state index contributed by atoms with van der Waals surface area (Å²) >= 11 is 8.22. The number of para-hydroxylation sites is 2. The van der Waals surface area contributed by atoms with Crippen LogP contribution in [0.15, 0.2) is 72.4 Å². The van der Waals surface area contributed by atoms with E-state index >= 15 is 0 Å². The molecule has 1 amide bonds. The molecule has 0 aliphatic carbocycles. The summed E-state index contributed by atoms with van der Waals surface area (Å²) in [6.45, 7) is 7.03. The molecule has 35 heavy (non-hydrogen) atoms. The number of rotatable bonds is 5. The minimum atomic E-state index is -0.832. The van der Waals surface area contributed by atoms with E-state index < -0.39 is 12.0 Å². The van der Waals surface area contributed by atoms with Crippen molar-refractivity contribution in [3.05, 3.63) is 83.7 Å². The van der Waals surface area contributed by atoms with Crippen molar-refractivity contribution < 1.29 is 14.6 Å². The third-order valence-electron chi connectivity index (χ3n) is 5.69. The van der Waals surface area contributed by atoms with Gasteiger partial charge in [-0.25, -0.2) is 14.6 Å². The van der Waals surface area contributed by atoms with E-state index in [0.717, 1.165) is 5.69 Å². The van der Waals surface area contributed by atoms with Crippen LogP contribution in [0.2, 0.25) is 5.15 Å². The minimum Gasteiger partial charge on any atom is -0.854 e. The highest BCUT2D eigenvalue weighted by atomic mass is 35.5. The van der Waals surface area contributed by atoms with Gasteiger partial charge in [-0.15, -0.1) is 6.58 Å². The lowest BCUT2D eigenvalue weighted by Gasteiger charge is -2.32. The number of thioether (sulfide) groups is 1. The summed E-state index contributed by atoms with van der Waals surface area (Å²) in [6.07, 6.45) is 0.878. The predicted octanol–water partition coefficient (Wildman–Crippen LogP) is 3.84. The van der Waals surface area contributed by atoms with E-state index in [-0.39, 0.29) is 16.8 Å². The van der Waals surface area contributed by atoms with Crippen LogP contribution < -0.4 is 14.7 Å². The second-order valence-corrected chi connectivity index (χ2v) is 9.25. The first kappa shape index (κ1) is 23.1. The van der Waals surface area contributed by atoms with Crippen LogP contribution in [-0.2, 0) is 4.79 Å². The Bertz CT molecular complexity index is 1460. The Labute approximate surface area is 211 Å². The molecule has 176 valence electrons. The standard InChI is InChI=1S/C25H21ClN6O2S/c1-4-14-35-25-27-23(34)21-18-12-8-9-13-19(18)30(16(3)33)24(32(21)29-25)20-15(2)28-31(22(20)26)17-10-6-5-7-11-17/h4-13,24H,1,14H2,2-3H3. The fourth-order valence-corrected chi connectivity index (χ4v) is 5.21. The van der Waals surface area contributed by atoms with Gasteiger partial charge in [0.15, 0.2) is 0 Å². The van der Waals surface area contributed by atoms with Crippen LogP contribution >= 0.6 is 23.4 Å². The van der Waals surface area contributed by atoms with Gasteiger partial charge in [0.1, 0.15) is 10.7 Å². The van der Waals surface area contributed by atoms with Gasteiger partial charge in [-0.3, -0.25) is 4.79 Å². The summed E-state index contributed by atoms with van der Waals surface area (Å²) in [5, 5.41) is 23.3. The number of benzene rings is 2. The zero-order valence-electron chi connectivity index (χ0n) is 19.1. The topological polar surface area (TPSA) is 90.9 Å². The van der Waals surface area contributed by atoms with Crippen molar-refractivity contribution in [2.24, 2.45) is 0 Å². The van der Waals surface area contributed by atoms with Crippen molar-refractivity contribution in [3.63, 3.8) is 0 Å². The molecule has 4 aromatic rings. The molecular weight excluding hydrogens is 484 g/mol. The van der Waals surface area contributed by atoms with Gasteiger partial charge in [-0.2, -0.15) is 5.10 Å². The van der Waals surface area contributed by atoms with Crippen LogP contribution in [0.3, 0.4) is 0 Å². The van der Waals surface area contributed by atoms with Crippen molar-refractivity contribution in [1.82, 2.24) is 19.9 Å². The molecule has 3 heterocycles. The van der Waals surface area contributed by atoms with E-state index in [9.17, 15) is 9.90 Å². The molecule has 0 bridgehead atoms. The number of halogens is 1. The second kappa shape index (κ2) is 9.16. The van der Waals surface area contributed by atoms with Gasteiger partial charge < -0.3 is 5.11 Å². The number of aromatic nitrogens is 5. The number of nitrogens with zero attached hydrogens (tertiary/aromatic N) is 6. The first-order chi connectivity index (χ1) is 16.9. The maximum absolute atomic E-state index is 13.3. The molecule has 1 unspecified atom stereocenters. The molecule has 0 N–H and O–H groups in total. The number of hydrogen-bond donors (Lipinski definition) is 0. The van der Waals surface area contributed by atoms with Gasteiger partial charge in [0.25, 0.3) is 17.0 Å². The number of hydrogen-bond acceptors (Lipinski definition) is 6. The van der Waals surface area contributed by atoms with Gasteiger partial charge in [0.2, 0.25) is 5.91 Å². The largest absolute Gasteiger partial charge is 0.854 e. The molecule has 0 spiro atoms. The smallest absolute Gasteiger partial charge is 0.297 e. The van der Waals surface area contributed by atoms with E-state index in [1.54, 1.807) is 32.5 Å². The SMILES string of the molecule is C=CCSc1nc([O-])c2[n+](n1)C(c1c(C)nn(-c3ccccc3)c1Cl)N(C(C)=O)c1ccccc1-2. The van der Waals surface area contributed by atoms with Crippen LogP contribution in [0.4, 0.5) is 5.69 Å². The molecule has 1 atom stereocenters. The summed E-state index contributed by atoms with van der Waals surface area (Å²) in [5.74, 6) is -0.131. The number of carbonyl (C=O) groups excluding carboxylic acids is 1. The first-order valence-corrected chi connectivity index (χ1v) is 12.2. The molecule has 1 aliphatic heterocycles. The normalized spacial score (nSPS) is 14.4. The number of aryl methyl sites for hydroxylation is 1. The quantitative estimate of drug-likeness (QED) is 0.233. The maximum atomic E-state index is 13.3. The van der Waals surface area contributed by atoms with Crippen molar-refractivity contribution >= 4 is 35.0 Å². The summed E-state index contributed by atoms with van der Waals surface area (Å²) in [5.41, 5.74) is 3.41. The zero-order valence-corrected chi connectivity index (χ0v) is 20.6. The van der Waals surface area contributed by atoms with Crippen LogP contribution in [0, 0.1) is 6.92 Å². The van der Waals surface area contributed by atoms with Gasteiger partial charge >= 0.3 is 0 Å².